The Kier molecular flexibility index (Phi) is 5.49. The molecule has 2 unspecified atom stereocenters. The minimum Gasteiger partial charge on any atom is -0.316 e. The van der Waals surface area contributed by atoms with Crippen LogP contribution in [0.25, 0.3) is 0 Å². The summed E-state index contributed by atoms with van der Waals surface area (Å²) in [6.07, 6.45) is 4.15. The first kappa shape index (κ1) is 12.0. The molecule has 0 bridgehead atoms. The van der Waals surface area contributed by atoms with Gasteiger partial charge in [-0.05, 0) is 50.7 Å². The Labute approximate surface area is 90.3 Å². The number of rotatable bonds is 0. The van der Waals surface area contributed by atoms with E-state index in [1.165, 1.54) is 38.9 Å². The maximum absolute atomic E-state index is 3.58. The second kappa shape index (κ2) is 6.41. The molecule has 2 aliphatic rings. The van der Waals surface area contributed by atoms with Crippen LogP contribution in [0.4, 0.5) is 0 Å². The standard InChI is InChI=1S/C8H16N2.C4H10.H2/c1-2-7-6-9-5-3-8(7)10-4-1;1-4(2)3;/h7-10H,1-6H2;4H,1-3H3;1H. The molecule has 2 heteroatoms. The summed E-state index contributed by atoms with van der Waals surface area (Å²) >= 11 is 0. The van der Waals surface area contributed by atoms with E-state index in [-0.39, 0.29) is 1.43 Å². The fourth-order valence-corrected chi connectivity index (χ4v) is 2.15. The van der Waals surface area contributed by atoms with Crippen molar-refractivity contribution in [1.82, 2.24) is 10.6 Å². The maximum atomic E-state index is 3.58. The van der Waals surface area contributed by atoms with Gasteiger partial charge in [0.15, 0.2) is 0 Å². The summed E-state index contributed by atoms with van der Waals surface area (Å²) in [5.74, 6) is 1.77. The first-order valence-corrected chi connectivity index (χ1v) is 6.14. The molecule has 0 spiro atoms. The van der Waals surface area contributed by atoms with Gasteiger partial charge in [-0.15, -0.1) is 0 Å². The van der Waals surface area contributed by atoms with Gasteiger partial charge in [-0.2, -0.15) is 0 Å². The van der Waals surface area contributed by atoms with E-state index in [1.807, 2.05) is 0 Å². The zero-order valence-electron chi connectivity index (χ0n) is 9.97. The fraction of sp³-hybridized carbons (Fsp3) is 1.00. The molecule has 0 radical (unpaired) electrons. The van der Waals surface area contributed by atoms with Crippen LogP contribution in [-0.2, 0) is 0 Å². The molecule has 2 atom stereocenters. The molecule has 0 aromatic carbocycles. The highest BCUT2D eigenvalue weighted by molar-refractivity contribution is 4.86. The number of piperidine rings is 2. The molecule has 86 valence electrons. The van der Waals surface area contributed by atoms with Crippen molar-refractivity contribution in [3.63, 3.8) is 0 Å². The maximum Gasteiger partial charge on any atom is 0.0119 e. The average Bonchev–Trinajstić information content (AvgIpc) is 2.17. The summed E-state index contributed by atoms with van der Waals surface area (Å²) in [5, 5.41) is 7.02. The van der Waals surface area contributed by atoms with Crippen molar-refractivity contribution in [3.8, 4) is 0 Å². The predicted molar refractivity (Wildman–Crippen MR) is 64.6 cm³/mol. The minimum absolute atomic E-state index is 0. The lowest BCUT2D eigenvalue weighted by atomic mass is 9.86. The van der Waals surface area contributed by atoms with Crippen LogP contribution in [0.3, 0.4) is 0 Å². The van der Waals surface area contributed by atoms with Gasteiger partial charge >= 0.3 is 0 Å². The quantitative estimate of drug-likeness (QED) is 0.627. The van der Waals surface area contributed by atoms with Crippen LogP contribution in [0.2, 0.25) is 0 Å². The van der Waals surface area contributed by atoms with Crippen molar-refractivity contribution in [2.45, 2.75) is 46.1 Å². The SMILES string of the molecule is C1CNC2CCNCC2C1.CC(C)C.[HH]. The Bertz CT molecular complexity index is 122. The fourth-order valence-electron chi connectivity index (χ4n) is 2.15. The summed E-state index contributed by atoms with van der Waals surface area (Å²) in [6, 6.07) is 0.843. The van der Waals surface area contributed by atoms with Crippen LogP contribution in [0, 0.1) is 11.8 Å². The van der Waals surface area contributed by atoms with E-state index < -0.39 is 0 Å². The third-order valence-electron chi connectivity index (χ3n) is 2.77. The minimum atomic E-state index is 0. The van der Waals surface area contributed by atoms with Crippen LogP contribution in [-0.4, -0.2) is 25.7 Å². The van der Waals surface area contributed by atoms with Crippen molar-refractivity contribution in [3.05, 3.63) is 0 Å². The second-order valence-electron chi connectivity index (χ2n) is 5.19. The molecule has 2 saturated heterocycles. The summed E-state index contributed by atoms with van der Waals surface area (Å²) in [4.78, 5) is 0. The molecule has 2 rings (SSSR count). The van der Waals surface area contributed by atoms with Gasteiger partial charge in [0.2, 0.25) is 0 Å². The Balaban J connectivity index is 0.000000346. The van der Waals surface area contributed by atoms with Gasteiger partial charge in [-0.25, -0.2) is 0 Å². The Morgan fingerprint density at radius 1 is 1.14 bits per heavy atom. The largest absolute Gasteiger partial charge is 0.316 e. The van der Waals surface area contributed by atoms with E-state index in [2.05, 4.69) is 31.4 Å². The van der Waals surface area contributed by atoms with Crippen LogP contribution in [0.5, 0.6) is 0 Å². The average molecular weight is 200 g/mol. The molecular weight excluding hydrogens is 172 g/mol. The van der Waals surface area contributed by atoms with Crippen LogP contribution < -0.4 is 10.6 Å². The summed E-state index contributed by atoms with van der Waals surface area (Å²) in [5.41, 5.74) is 0. The van der Waals surface area contributed by atoms with Crippen molar-refractivity contribution < 1.29 is 1.43 Å². The van der Waals surface area contributed by atoms with Crippen LogP contribution >= 0.6 is 0 Å². The zero-order chi connectivity index (χ0) is 10.4. The molecule has 0 amide bonds. The van der Waals surface area contributed by atoms with Crippen molar-refractivity contribution in [1.29, 1.82) is 0 Å². The molecule has 2 heterocycles. The monoisotopic (exact) mass is 200 g/mol. The number of fused-ring (bicyclic) bond motifs is 1. The van der Waals surface area contributed by atoms with Gasteiger partial charge in [-0.3, -0.25) is 0 Å². The lowest BCUT2D eigenvalue weighted by Crippen LogP contribution is -2.50. The van der Waals surface area contributed by atoms with E-state index in [0.717, 1.165) is 17.9 Å². The summed E-state index contributed by atoms with van der Waals surface area (Å²) in [6.45, 7) is 10.2. The topological polar surface area (TPSA) is 24.1 Å². The zero-order valence-corrected chi connectivity index (χ0v) is 9.97. The van der Waals surface area contributed by atoms with E-state index in [4.69, 9.17) is 0 Å². The first-order valence-electron chi connectivity index (χ1n) is 6.14. The third kappa shape index (κ3) is 4.43. The molecular formula is C12H28N2. The molecule has 14 heavy (non-hydrogen) atoms. The van der Waals surface area contributed by atoms with Crippen LogP contribution in [0.1, 0.15) is 41.5 Å². The van der Waals surface area contributed by atoms with Gasteiger partial charge in [0.1, 0.15) is 0 Å². The Morgan fingerprint density at radius 3 is 2.50 bits per heavy atom. The number of nitrogens with one attached hydrogen (secondary N) is 2. The van der Waals surface area contributed by atoms with Gasteiger partial charge in [0.05, 0.1) is 0 Å². The summed E-state index contributed by atoms with van der Waals surface area (Å²) in [7, 11) is 0. The highest BCUT2D eigenvalue weighted by Gasteiger charge is 2.26. The van der Waals surface area contributed by atoms with Gasteiger partial charge in [-0.1, -0.05) is 20.8 Å². The predicted octanol–water partition coefficient (Wildman–Crippen LogP) is 2.26. The lowest BCUT2D eigenvalue weighted by molar-refractivity contribution is 0.226. The van der Waals surface area contributed by atoms with Gasteiger partial charge in [0.25, 0.3) is 0 Å². The number of hydrogen-bond donors (Lipinski definition) is 2. The molecule has 0 saturated carbocycles. The molecule has 2 aliphatic heterocycles. The van der Waals surface area contributed by atoms with E-state index >= 15 is 0 Å². The second-order valence-corrected chi connectivity index (χ2v) is 5.19. The third-order valence-corrected chi connectivity index (χ3v) is 2.77. The highest BCUT2D eigenvalue weighted by Crippen LogP contribution is 2.20. The van der Waals surface area contributed by atoms with E-state index in [0.29, 0.717) is 0 Å². The van der Waals surface area contributed by atoms with E-state index in [9.17, 15) is 0 Å². The molecule has 0 aliphatic carbocycles. The Morgan fingerprint density at radius 2 is 1.86 bits per heavy atom. The highest BCUT2D eigenvalue weighted by atomic mass is 15.0. The number of hydrogen-bond acceptors (Lipinski definition) is 2. The normalized spacial score (nSPS) is 31.7. The first-order chi connectivity index (χ1) is 6.70. The van der Waals surface area contributed by atoms with Crippen LogP contribution in [0.15, 0.2) is 0 Å². The lowest BCUT2D eigenvalue weighted by Gasteiger charge is -2.36. The summed E-state index contributed by atoms with van der Waals surface area (Å²) < 4.78 is 0. The van der Waals surface area contributed by atoms with Gasteiger partial charge < -0.3 is 10.6 Å². The molecule has 2 nitrogen and oxygen atoms in total. The van der Waals surface area contributed by atoms with Crippen molar-refractivity contribution in [2.75, 3.05) is 19.6 Å². The molecule has 2 fully saturated rings. The Hall–Kier alpha value is -0.0800. The molecule has 0 aromatic heterocycles. The van der Waals surface area contributed by atoms with Gasteiger partial charge in [0, 0.05) is 7.47 Å². The van der Waals surface area contributed by atoms with Crippen molar-refractivity contribution >= 4 is 0 Å². The van der Waals surface area contributed by atoms with E-state index in [1.54, 1.807) is 0 Å². The van der Waals surface area contributed by atoms with Crippen molar-refractivity contribution in [2.24, 2.45) is 11.8 Å². The molecule has 2 N–H and O–H groups in total. The molecule has 0 aromatic rings. The smallest absolute Gasteiger partial charge is 0.0119 e.